The Labute approximate surface area is 67.1 Å². The fourth-order valence-corrected chi connectivity index (χ4v) is 0.338. The largest absolute Gasteiger partial charge is 0.319 e. The van der Waals surface area contributed by atoms with Crippen molar-refractivity contribution in [1.82, 2.24) is 5.48 Å². The zero-order valence-electron chi connectivity index (χ0n) is 7.32. The molecule has 0 fully saturated rings. The maximum Gasteiger partial charge on any atom is 0.319 e. The summed E-state index contributed by atoms with van der Waals surface area (Å²) in [6.45, 7) is 7.11. The van der Waals surface area contributed by atoms with E-state index in [4.69, 9.17) is 4.84 Å². The number of hydrogen-bond acceptors (Lipinski definition) is 2. The highest BCUT2D eigenvalue weighted by molar-refractivity contribution is 5.92. The quantitative estimate of drug-likeness (QED) is 0.450. The van der Waals surface area contributed by atoms with Crippen LogP contribution in [0.1, 0.15) is 27.7 Å². The van der Waals surface area contributed by atoms with E-state index in [2.05, 4.69) is 17.3 Å². The maximum absolute atomic E-state index is 10.7. The molecule has 62 valence electrons. The van der Waals surface area contributed by atoms with Crippen LogP contribution in [-0.2, 0) is 9.63 Å². The van der Waals surface area contributed by atoms with Crippen molar-refractivity contribution >= 4 is 5.91 Å². The summed E-state index contributed by atoms with van der Waals surface area (Å²) < 4.78 is 0. The summed E-state index contributed by atoms with van der Waals surface area (Å²) in [4.78, 5) is 15.6. The zero-order valence-corrected chi connectivity index (χ0v) is 7.32. The second-order valence-corrected chi connectivity index (χ2v) is 3.02. The summed E-state index contributed by atoms with van der Waals surface area (Å²) in [7, 11) is 0. The van der Waals surface area contributed by atoms with Gasteiger partial charge >= 0.3 is 5.91 Å². The first-order valence-corrected chi connectivity index (χ1v) is 3.36. The van der Waals surface area contributed by atoms with Crippen LogP contribution in [0.4, 0.5) is 0 Å². The molecule has 0 rings (SSSR count). The van der Waals surface area contributed by atoms with Crippen molar-refractivity contribution in [3.63, 3.8) is 0 Å². The highest BCUT2D eigenvalue weighted by Crippen LogP contribution is 2.02. The lowest BCUT2D eigenvalue weighted by atomic mass is 10.2. The molecule has 0 unspecified atom stereocenters. The molecular weight excluding hydrogens is 142 g/mol. The van der Waals surface area contributed by atoms with Crippen LogP contribution >= 0.6 is 0 Å². The predicted octanol–water partition coefficient (Wildman–Crippen LogP) is 0.856. The fourth-order valence-electron chi connectivity index (χ4n) is 0.338. The molecule has 1 N–H and O–H groups in total. The van der Waals surface area contributed by atoms with Crippen LogP contribution in [0.5, 0.6) is 0 Å². The average Bonchev–Trinajstić information content (AvgIpc) is 1.83. The Hall–Kier alpha value is -1.01. The summed E-state index contributed by atoms with van der Waals surface area (Å²) in [5.41, 5.74) is 1.84. The molecule has 0 saturated carbocycles. The third-order valence-corrected chi connectivity index (χ3v) is 0.688. The summed E-state index contributed by atoms with van der Waals surface area (Å²) in [5.74, 6) is 4.34. The summed E-state index contributed by atoms with van der Waals surface area (Å²) in [6, 6.07) is 0. The van der Waals surface area contributed by atoms with Gasteiger partial charge in [-0.25, -0.2) is 5.48 Å². The third kappa shape index (κ3) is 6.88. The van der Waals surface area contributed by atoms with E-state index in [0.717, 1.165) is 0 Å². The lowest BCUT2D eigenvalue weighted by Gasteiger charge is -2.17. The molecule has 0 saturated heterocycles. The highest BCUT2D eigenvalue weighted by Gasteiger charge is 2.11. The van der Waals surface area contributed by atoms with Crippen molar-refractivity contribution in [1.29, 1.82) is 0 Å². The van der Waals surface area contributed by atoms with Crippen molar-refractivity contribution in [3.05, 3.63) is 0 Å². The molecule has 0 aromatic rings. The smallest absolute Gasteiger partial charge is 0.267 e. The van der Waals surface area contributed by atoms with Gasteiger partial charge in [-0.15, -0.1) is 0 Å². The molecule has 0 radical (unpaired) electrons. The number of amides is 1. The summed E-state index contributed by atoms with van der Waals surface area (Å²) in [5, 5.41) is 0. The van der Waals surface area contributed by atoms with Crippen molar-refractivity contribution in [3.8, 4) is 11.8 Å². The van der Waals surface area contributed by atoms with Gasteiger partial charge in [0.25, 0.3) is 0 Å². The molecule has 0 aromatic carbocycles. The van der Waals surface area contributed by atoms with E-state index in [9.17, 15) is 4.79 Å². The topological polar surface area (TPSA) is 38.3 Å². The van der Waals surface area contributed by atoms with Crippen LogP contribution in [0.15, 0.2) is 0 Å². The van der Waals surface area contributed by atoms with Gasteiger partial charge in [-0.3, -0.25) is 9.63 Å². The van der Waals surface area contributed by atoms with Gasteiger partial charge in [0, 0.05) is 0 Å². The first kappa shape index (κ1) is 9.99. The molecule has 0 aromatic heterocycles. The van der Waals surface area contributed by atoms with Crippen LogP contribution in [-0.4, -0.2) is 11.5 Å². The second kappa shape index (κ2) is 3.99. The van der Waals surface area contributed by atoms with Gasteiger partial charge in [-0.05, 0) is 33.6 Å². The molecule has 0 spiro atoms. The van der Waals surface area contributed by atoms with Crippen LogP contribution in [0.3, 0.4) is 0 Å². The minimum atomic E-state index is -0.414. The molecule has 0 aliphatic rings. The monoisotopic (exact) mass is 155 g/mol. The molecule has 3 heteroatoms. The maximum atomic E-state index is 10.7. The molecule has 0 atom stereocenters. The van der Waals surface area contributed by atoms with Crippen LogP contribution < -0.4 is 5.48 Å². The van der Waals surface area contributed by atoms with Crippen molar-refractivity contribution < 1.29 is 9.63 Å². The van der Waals surface area contributed by atoms with Crippen molar-refractivity contribution in [2.45, 2.75) is 33.3 Å². The molecule has 1 amide bonds. The highest BCUT2D eigenvalue weighted by atomic mass is 16.7. The lowest BCUT2D eigenvalue weighted by Crippen LogP contribution is -2.32. The average molecular weight is 155 g/mol. The number of carbonyl (C=O) groups excluding carboxylic acids is 1. The van der Waals surface area contributed by atoms with Gasteiger partial charge in [0.1, 0.15) is 0 Å². The summed E-state index contributed by atoms with van der Waals surface area (Å²) >= 11 is 0. The van der Waals surface area contributed by atoms with E-state index in [1.807, 2.05) is 20.8 Å². The van der Waals surface area contributed by atoms with E-state index >= 15 is 0 Å². The number of carbonyl (C=O) groups is 1. The molecule has 11 heavy (non-hydrogen) atoms. The van der Waals surface area contributed by atoms with Gasteiger partial charge in [-0.1, -0.05) is 5.92 Å². The SMILES string of the molecule is CC#CC(=O)NOC(C)(C)C. The van der Waals surface area contributed by atoms with Gasteiger partial charge in [0.2, 0.25) is 0 Å². The first-order valence-electron chi connectivity index (χ1n) is 3.36. The van der Waals surface area contributed by atoms with E-state index in [0.29, 0.717) is 0 Å². The third-order valence-electron chi connectivity index (χ3n) is 0.688. The Morgan fingerprint density at radius 2 is 2.00 bits per heavy atom. The van der Waals surface area contributed by atoms with Crippen molar-refractivity contribution in [2.24, 2.45) is 0 Å². The molecule has 0 heterocycles. The van der Waals surface area contributed by atoms with E-state index in [-0.39, 0.29) is 5.60 Å². The van der Waals surface area contributed by atoms with Crippen LogP contribution in [0.25, 0.3) is 0 Å². The van der Waals surface area contributed by atoms with Gasteiger partial charge in [0.15, 0.2) is 0 Å². The standard InChI is InChI=1S/C8H13NO2/c1-5-6-7(10)9-11-8(2,3)4/h1-4H3,(H,9,10). The van der Waals surface area contributed by atoms with E-state index < -0.39 is 5.91 Å². The van der Waals surface area contributed by atoms with Gasteiger partial charge in [-0.2, -0.15) is 0 Å². The van der Waals surface area contributed by atoms with Crippen LogP contribution in [0.2, 0.25) is 0 Å². The van der Waals surface area contributed by atoms with Gasteiger partial charge in [0.05, 0.1) is 5.60 Å². The predicted molar refractivity (Wildman–Crippen MR) is 42.4 cm³/mol. The minimum absolute atomic E-state index is 0.370. The fraction of sp³-hybridized carbons (Fsp3) is 0.625. The number of hydroxylamine groups is 1. The van der Waals surface area contributed by atoms with Crippen LogP contribution in [0, 0.1) is 11.8 Å². The molecule has 0 aliphatic heterocycles. The first-order chi connectivity index (χ1) is 4.95. The number of rotatable bonds is 1. The Bertz CT molecular complexity index is 192. The van der Waals surface area contributed by atoms with E-state index in [1.54, 1.807) is 6.92 Å². The minimum Gasteiger partial charge on any atom is -0.267 e. The number of nitrogens with one attached hydrogen (secondary N) is 1. The lowest BCUT2D eigenvalue weighted by molar-refractivity contribution is -0.139. The zero-order chi connectivity index (χ0) is 8.91. The Balaban J connectivity index is 3.69. The van der Waals surface area contributed by atoms with Crippen molar-refractivity contribution in [2.75, 3.05) is 0 Å². The van der Waals surface area contributed by atoms with Gasteiger partial charge < -0.3 is 0 Å². The van der Waals surface area contributed by atoms with E-state index in [1.165, 1.54) is 0 Å². The second-order valence-electron chi connectivity index (χ2n) is 3.02. The summed E-state index contributed by atoms with van der Waals surface area (Å²) in [6.07, 6.45) is 0. The molecule has 0 aliphatic carbocycles. The Morgan fingerprint density at radius 3 is 2.36 bits per heavy atom. The normalized spacial score (nSPS) is 9.82. The Kier molecular flexibility index (Phi) is 3.63. The number of hydrogen-bond donors (Lipinski definition) is 1. The molecular formula is C8H13NO2. The molecule has 3 nitrogen and oxygen atoms in total. The Morgan fingerprint density at radius 1 is 1.45 bits per heavy atom. The molecule has 0 bridgehead atoms.